The summed E-state index contributed by atoms with van der Waals surface area (Å²) in [5.41, 5.74) is 3.10. The van der Waals surface area contributed by atoms with E-state index in [1.54, 1.807) is 0 Å². The maximum atomic E-state index is 11.0. The number of hydrogen-bond acceptors (Lipinski definition) is 1. The van der Waals surface area contributed by atoms with Gasteiger partial charge in [0.2, 0.25) is 0 Å². The number of rotatable bonds is 3. The van der Waals surface area contributed by atoms with E-state index in [4.69, 9.17) is 0 Å². The fraction of sp³-hybridized carbons (Fsp3) is 0.133. The van der Waals surface area contributed by atoms with Crippen LogP contribution in [0.3, 0.4) is 0 Å². The molecule has 1 atom stereocenters. The smallest absolute Gasteiger partial charge is 0.150 e. The van der Waals surface area contributed by atoms with E-state index in [1.807, 2.05) is 42.5 Å². The van der Waals surface area contributed by atoms with Gasteiger partial charge in [0, 0.05) is 11.5 Å². The first kappa shape index (κ1) is 10.6. The first-order valence-electron chi connectivity index (χ1n) is 5.42. The van der Waals surface area contributed by atoms with E-state index in [1.165, 1.54) is 5.56 Å². The van der Waals surface area contributed by atoms with Crippen LogP contribution in [0.15, 0.2) is 54.6 Å². The first-order valence-corrected chi connectivity index (χ1v) is 5.42. The molecule has 80 valence electrons. The summed E-state index contributed by atoms with van der Waals surface area (Å²) in [6, 6.07) is 18.0. The highest BCUT2D eigenvalue weighted by Crippen LogP contribution is 2.25. The molecule has 1 unspecified atom stereocenters. The molecule has 0 saturated carbocycles. The molecule has 0 aromatic heterocycles. The van der Waals surface area contributed by atoms with Gasteiger partial charge in [-0.2, -0.15) is 0 Å². The van der Waals surface area contributed by atoms with Crippen LogP contribution >= 0.6 is 0 Å². The molecule has 0 aliphatic carbocycles. The van der Waals surface area contributed by atoms with Gasteiger partial charge in [-0.15, -0.1) is 0 Å². The van der Waals surface area contributed by atoms with Gasteiger partial charge in [0.1, 0.15) is 6.29 Å². The second-order valence-electron chi connectivity index (χ2n) is 3.88. The molecule has 0 heterocycles. The Hall–Kier alpha value is -1.89. The van der Waals surface area contributed by atoms with E-state index in [9.17, 15) is 4.79 Å². The third-order valence-corrected chi connectivity index (χ3v) is 2.89. The van der Waals surface area contributed by atoms with Crippen molar-refractivity contribution < 1.29 is 4.79 Å². The van der Waals surface area contributed by atoms with Gasteiger partial charge in [-0.25, -0.2) is 0 Å². The molecule has 1 nitrogen and oxygen atoms in total. The molecule has 0 aliphatic rings. The van der Waals surface area contributed by atoms with Gasteiger partial charge in [-0.1, -0.05) is 61.5 Å². The Morgan fingerprint density at radius 2 is 1.56 bits per heavy atom. The average Bonchev–Trinajstić information content (AvgIpc) is 2.39. The maximum absolute atomic E-state index is 11.0. The lowest BCUT2D eigenvalue weighted by Gasteiger charge is -2.14. The van der Waals surface area contributed by atoms with Crippen molar-refractivity contribution in [2.24, 2.45) is 0 Å². The zero-order valence-corrected chi connectivity index (χ0v) is 9.26. The molecule has 2 rings (SSSR count). The van der Waals surface area contributed by atoms with E-state index in [-0.39, 0.29) is 5.92 Å². The maximum Gasteiger partial charge on any atom is 0.150 e. The molecule has 0 amide bonds. The lowest BCUT2D eigenvalue weighted by molar-refractivity contribution is 0.112. The van der Waals surface area contributed by atoms with Gasteiger partial charge in [0.25, 0.3) is 0 Å². The summed E-state index contributed by atoms with van der Waals surface area (Å²) in [7, 11) is 0. The van der Waals surface area contributed by atoms with Crippen LogP contribution in [0.2, 0.25) is 0 Å². The minimum atomic E-state index is 0.252. The monoisotopic (exact) mass is 210 g/mol. The highest BCUT2D eigenvalue weighted by atomic mass is 16.1. The Balaban J connectivity index is 2.41. The van der Waals surface area contributed by atoms with Crippen molar-refractivity contribution in [1.82, 2.24) is 0 Å². The molecule has 0 fully saturated rings. The van der Waals surface area contributed by atoms with E-state index in [0.717, 1.165) is 17.4 Å². The van der Waals surface area contributed by atoms with Gasteiger partial charge < -0.3 is 0 Å². The van der Waals surface area contributed by atoms with Crippen molar-refractivity contribution in [1.29, 1.82) is 0 Å². The minimum absolute atomic E-state index is 0.252. The average molecular weight is 210 g/mol. The molecule has 2 aromatic carbocycles. The number of carbonyl (C=O) groups excluding carboxylic acids is 1. The number of carbonyl (C=O) groups is 1. The molecule has 0 N–H and O–H groups in total. The van der Waals surface area contributed by atoms with Crippen LogP contribution < -0.4 is 0 Å². The van der Waals surface area contributed by atoms with Crippen LogP contribution in [0.25, 0.3) is 0 Å². The van der Waals surface area contributed by atoms with Gasteiger partial charge in [0.05, 0.1) is 0 Å². The SMILES string of the molecule is CC(c1ccccc1)c1ccccc1C=O. The Labute approximate surface area is 95.7 Å². The second kappa shape index (κ2) is 4.75. The molecular formula is C15H14O. The molecule has 0 aliphatic heterocycles. The topological polar surface area (TPSA) is 17.1 Å². The summed E-state index contributed by atoms with van der Waals surface area (Å²) < 4.78 is 0. The summed E-state index contributed by atoms with van der Waals surface area (Å²) >= 11 is 0. The van der Waals surface area contributed by atoms with Crippen LogP contribution in [-0.4, -0.2) is 6.29 Å². The van der Waals surface area contributed by atoms with Gasteiger partial charge in [-0.3, -0.25) is 4.79 Å². The third kappa shape index (κ3) is 2.03. The lowest BCUT2D eigenvalue weighted by atomic mass is 9.90. The normalized spacial score (nSPS) is 12.1. The Morgan fingerprint density at radius 3 is 2.25 bits per heavy atom. The van der Waals surface area contributed by atoms with Gasteiger partial charge in [0.15, 0.2) is 0 Å². The van der Waals surface area contributed by atoms with Crippen LogP contribution in [0.1, 0.15) is 34.3 Å². The van der Waals surface area contributed by atoms with E-state index >= 15 is 0 Å². The highest BCUT2D eigenvalue weighted by molar-refractivity contribution is 5.77. The van der Waals surface area contributed by atoms with Crippen molar-refractivity contribution in [3.8, 4) is 0 Å². The molecule has 0 saturated heterocycles. The van der Waals surface area contributed by atoms with Crippen LogP contribution in [0.5, 0.6) is 0 Å². The van der Waals surface area contributed by atoms with Crippen LogP contribution in [0, 0.1) is 0 Å². The highest BCUT2D eigenvalue weighted by Gasteiger charge is 2.11. The zero-order valence-electron chi connectivity index (χ0n) is 9.26. The summed E-state index contributed by atoms with van der Waals surface area (Å²) in [6.07, 6.45) is 0.925. The van der Waals surface area contributed by atoms with Crippen molar-refractivity contribution in [2.75, 3.05) is 0 Å². The fourth-order valence-electron chi connectivity index (χ4n) is 1.93. The zero-order chi connectivity index (χ0) is 11.4. The van der Waals surface area contributed by atoms with Crippen LogP contribution in [0.4, 0.5) is 0 Å². The first-order chi connectivity index (χ1) is 7.83. The van der Waals surface area contributed by atoms with E-state index in [0.29, 0.717) is 0 Å². The summed E-state index contributed by atoms with van der Waals surface area (Å²) in [6.45, 7) is 2.12. The predicted octanol–water partition coefficient (Wildman–Crippen LogP) is 3.65. The largest absolute Gasteiger partial charge is 0.298 e. The van der Waals surface area contributed by atoms with Gasteiger partial charge in [-0.05, 0) is 11.1 Å². The lowest BCUT2D eigenvalue weighted by Crippen LogP contribution is -1.99. The van der Waals surface area contributed by atoms with E-state index < -0.39 is 0 Å². The summed E-state index contributed by atoms with van der Waals surface area (Å²) in [5, 5.41) is 0. The summed E-state index contributed by atoms with van der Waals surface area (Å²) in [5.74, 6) is 0.252. The predicted molar refractivity (Wildman–Crippen MR) is 65.8 cm³/mol. The Morgan fingerprint density at radius 1 is 0.938 bits per heavy atom. The Bertz CT molecular complexity index is 474. The molecule has 0 radical (unpaired) electrons. The molecule has 0 spiro atoms. The minimum Gasteiger partial charge on any atom is -0.298 e. The molecule has 0 bridgehead atoms. The fourth-order valence-corrected chi connectivity index (χ4v) is 1.93. The molecular weight excluding hydrogens is 196 g/mol. The molecule has 16 heavy (non-hydrogen) atoms. The number of aldehydes is 1. The van der Waals surface area contributed by atoms with E-state index in [2.05, 4.69) is 19.1 Å². The van der Waals surface area contributed by atoms with Crippen molar-refractivity contribution >= 4 is 6.29 Å². The third-order valence-electron chi connectivity index (χ3n) is 2.89. The van der Waals surface area contributed by atoms with Crippen molar-refractivity contribution in [3.63, 3.8) is 0 Å². The molecule has 2 aromatic rings. The number of hydrogen-bond donors (Lipinski definition) is 0. The van der Waals surface area contributed by atoms with Crippen molar-refractivity contribution in [2.45, 2.75) is 12.8 Å². The van der Waals surface area contributed by atoms with Crippen molar-refractivity contribution in [3.05, 3.63) is 71.3 Å². The molecule has 1 heteroatoms. The Kier molecular flexibility index (Phi) is 3.16. The number of benzene rings is 2. The summed E-state index contributed by atoms with van der Waals surface area (Å²) in [4.78, 5) is 11.0. The van der Waals surface area contributed by atoms with Crippen LogP contribution in [-0.2, 0) is 0 Å². The second-order valence-corrected chi connectivity index (χ2v) is 3.88. The van der Waals surface area contributed by atoms with Gasteiger partial charge >= 0.3 is 0 Å². The quantitative estimate of drug-likeness (QED) is 0.707. The standard InChI is InChI=1S/C15H14O/c1-12(13-7-3-2-4-8-13)15-10-6-5-9-14(15)11-16/h2-12H,1H3.